The summed E-state index contributed by atoms with van der Waals surface area (Å²) in [6.07, 6.45) is 10.8. The van der Waals surface area contributed by atoms with Gasteiger partial charge in [0, 0.05) is 43.8 Å². The maximum absolute atomic E-state index is 4.59. The molecule has 142 valence electrons. The highest BCUT2D eigenvalue weighted by Crippen LogP contribution is 2.21. The highest BCUT2D eigenvalue weighted by atomic mass is 15.3. The molecular weight excluding hydrogens is 334 g/mol. The first-order valence-corrected chi connectivity index (χ1v) is 9.90. The Bertz CT molecular complexity index is 907. The van der Waals surface area contributed by atoms with Crippen LogP contribution in [0.25, 0.3) is 5.69 Å². The van der Waals surface area contributed by atoms with Gasteiger partial charge in [-0.05, 0) is 69.3 Å². The average molecular weight is 364 g/mol. The number of hydrogen-bond donors (Lipinski definition) is 0. The minimum Gasteiger partial charge on any atom is -0.335 e. The van der Waals surface area contributed by atoms with Crippen LogP contribution >= 0.6 is 0 Å². The molecule has 1 saturated heterocycles. The molecule has 0 aliphatic carbocycles. The lowest BCUT2D eigenvalue weighted by atomic mass is 9.97. The van der Waals surface area contributed by atoms with Crippen molar-refractivity contribution in [3.05, 3.63) is 65.5 Å². The van der Waals surface area contributed by atoms with Crippen LogP contribution in [0.2, 0.25) is 0 Å². The largest absolute Gasteiger partial charge is 0.335 e. The van der Waals surface area contributed by atoms with Crippen LogP contribution in [0.15, 0.2) is 43.0 Å². The molecule has 5 nitrogen and oxygen atoms in total. The standard InChI is InChI=1S/C22H29N5/c1-17-6-7-22(11-18(17)2)27-16-21(12-24-27)14-25-9-4-5-20(13-25)15-26-10-8-23-19(26)3/h6-8,10-12,16,20H,4-5,9,13-15H2,1-3H3/t20-/m0/s1. The van der Waals surface area contributed by atoms with Crippen molar-refractivity contribution in [1.82, 2.24) is 24.2 Å². The molecule has 4 rings (SSSR count). The van der Waals surface area contributed by atoms with E-state index in [1.165, 1.54) is 36.1 Å². The van der Waals surface area contributed by atoms with E-state index in [1.807, 2.05) is 17.1 Å². The van der Waals surface area contributed by atoms with Crippen molar-refractivity contribution in [2.24, 2.45) is 5.92 Å². The van der Waals surface area contributed by atoms with Crippen molar-refractivity contribution in [1.29, 1.82) is 0 Å². The second kappa shape index (κ2) is 7.69. The van der Waals surface area contributed by atoms with Crippen LogP contribution < -0.4 is 0 Å². The summed E-state index contributed by atoms with van der Waals surface area (Å²) >= 11 is 0. The monoisotopic (exact) mass is 363 g/mol. The normalized spacial score (nSPS) is 18.1. The number of hydrogen-bond acceptors (Lipinski definition) is 3. The fourth-order valence-corrected chi connectivity index (χ4v) is 4.03. The van der Waals surface area contributed by atoms with Gasteiger partial charge in [-0.3, -0.25) is 4.90 Å². The van der Waals surface area contributed by atoms with Crippen molar-refractivity contribution < 1.29 is 0 Å². The van der Waals surface area contributed by atoms with Crippen LogP contribution in [0.1, 0.15) is 35.4 Å². The average Bonchev–Trinajstić information content (AvgIpc) is 3.27. The Hall–Kier alpha value is -2.40. The van der Waals surface area contributed by atoms with Crippen LogP contribution in [0.4, 0.5) is 0 Å². The van der Waals surface area contributed by atoms with Gasteiger partial charge >= 0.3 is 0 Å². The molecule has 0 radical (unpaired) electrons. The van der Waals surface area contributed by atoms with E-state index in [4.69, 9.17) is 0 Å². The molecule has 0 unspecified atom stereocenters. The quantitative estimate of drug-likeness (QED) is 0.690. The number of aromatic nitrogens is 4. The molecule has 0 N–H and O–H groups in total. The Balaban J connectivity index is 1.39. The SMILES string of the molecule is Cc1ccc(-n2cc(CN3CCC[C@H](Cn4ccnc4C)C3)cn2)cc1C. The molecule has 0 bridgehead atoms. The first kappa shape index (κ1) is 18.0. The van der Waals surface area contributed by atoms with E-state index in [0.29, 0.717) is 5.92 Å². The first-order chi connectivity index (χ1) is 13.1. The zero-order valence-electron chi connectivity index (χ0n) is 16.6. The number of nitrogens with zero attached hydrogens (tertiary/aromatic N) is 5. The third-order valence-corrected chi connectivity index (χ3v) is 5.78. The van der Waals surface area contributed by atoms with Crippen LogP contribution in [-0.2, 0) is 13.1 Å². The summed E-state index contributed by atoms with van der Waals surface area (Å²) in [4.78, 5) is 6.92. The van der Waals surface area contributed by atoms with Crippen LogP contribution in [0, 0.1) is 26.7 Å². The number of likely N-dealkylation sites (tertiary alicyclic amines) is 1. The molecule has 0 amide bonds. The van der Waals surface area contributed by atoms with Gasteiger partial charge in [0.2, 0.25) is 0 Å². The lowest BCUT2D eigenvalue weighted by Crippen LogP contribution is -2.36. The minimum atomic E-state index is 0.696. The molecule has 3 heterocycles. The van der Waals surface area contributed by atoms with Gasteiger partial charge in [-0.1, -0.05) is 6.07 Å². The zero-order valence-corrected chi connectivity index (χ0v) is 16.6. The fraction of sp³-hybridized carbons (Fsp3) is 0.455. The van der Waals surface area contributed by atoms with E-state index >= 15 is 0 Å². The second-order valence-corrected chi connectivity index (χ2v) is 7.93. The Morgan fingerprint density at radius 2 is 2.04 bits per heavy atom. The number of piperidine rings is 1. The molecule has 1 aliphatic rings. The lowest BCUT2D eigenvalue weighted by Gasteiger charge is -2.32. The second-order valence-electron chi connectivity index (χ2n) is 7.93. The van der Waals surface area contributed by atoms with Gasteiger partial charge in [0.05, 0.1) is 11.9 Å². The van der Waals surface area contributed by atoms with Crippen LogP contribution in [0.5, 0.6) is 0 Å². The summed E-state index contributed by atoms with van der Waals surface area (Å²) in [5, 5.41) is 4.59. The molecule has 0 saturated carbocycles. The predicted octanol–water partition coefficient (Wildman–Crippen LogP) is 3.91. The van der Waals surface area contributed by atoms with E-state index in [2.05, 4.69) is 70.9 Å². The van der Waals surface area contributed by atoms with Crippen LogP contribution in [-0.4, -0.2) is 37.3 Å². The molecule has 2 aromatic heterocycles. The maximum atomic E-state index is 4.59. The summed E-state index contributed by atoms with van der Waals surface area (Å²) in [7, 11) is 0. The van der Waals surface area contributed by atoms with Gasteiger partial charge in [-0.2, -0.15) is 5.10 Å². The fourth-order valence-electron chi connectivity index (χ4n) is 4.03. The van der Waals surface area contributed by atoms with Crippen molar-refractivity contribution in [2.45, 2.75) is 46.7 Å². The van der Waals surface area contributed by atoms with Gasteiger partial charge in [-0.15, -0.1) is 0 Å². The van der Waals surface area contributed by atoms with E-state index < -0.39 is 0 Å². The van der Waals surface area contributed by atoms with Crippen molar-refractivity contribution in [2.75, 3.05) is 13.1 Å². The number of imidazole rings is 1. The van der Waals surface area contributed by atoms with E-state index in [0.717, 1.165) is 31.1 Å². The van der Waals surface area contributed by atoms with Gasteiger partial charge in [0.1, 0.15) is 5.82 Å². The lowest BCUT2D eigenvalue weighted by molar-refractivity contribution is 0.155. The van der Waals surface area contributed by atoms with E-state index in [1.54, 1.807) is 0 Å². The molecule has 0 spiro atoms. The highest BCUT2D eigenvalue weighted by molar-refractivity contribution is 5.39. The van der Waals surface area contributed by atoms with Crippen molar-refractivity contribution in [3.8, 4) is 5.69 Å². The topological polar surface area (TPSA) is 38.9 Å². The summed E-state index contributed by atoms with van der Waals surface area (Å²) in [6, 6.07) is 6.51. The first-order valence-electron chi connectivity index (χ1n) is 9.90. The Kier molecular flexibility index (Phi) is 5.12. The summed E-state index contributed by atoms with van der Waals surface area (Å²) in [6.45, 7) is 10.8. The molecule has 27 heavy (non-hydrogen) atoms. The molecule has 3 aromatic rings. The van der Waals surface area contributed by atoms with E-state index in [9.17, 15) is 0 Å². The number of rotatable bonds is 5. The Labute approximate surface area is 161 Å². The van der Waals surface area contributed by atoms with Crippen molar-refractivity contribution >= 4 is 0 Å². The molecule has 1 fully saturated rings. The zero-order chi connectivity index (χ0) is 18.8. The summed E-state index contributed by atoms with van der Waals surface area (Å²) in [5.74, 6) is 1.81. The summed E-state index contributed by atoms with van der Waals surface area (Å²) < 4.78 is 4.28. The van der Waals surface area contributed by atoms with Gasteiger partial charge in [-0.25, -0.2) is 9.67 Å². The number of aryl methyl sites for hydroxylation is 3. The third-order valence-electron chi connectivity index (χ3n) is 5.78. The van der Waals surface area contributed by atoms with Crippen LogP contribution in [0.3, 0.4) is 0 Å². The predicted molar refractivity (Wildman–Crippen MR) is 108 cm³/mol. The van der Waals surface area contributed by atoms with E-state index in [-0.39, 0.29) is 0 Å². The summed E-state index contributed by atoms with van der Waals surface area (Å²) in [5.41, 5.74) is 5.04. The molecule has 1 aromatic carbocycles. The van der Waals surface area contributed by atoms with Gasteiger partial charge in [0.25, 0.3) is 0 Å². The Morgan fingerprint density at radius 3 is 2.81 bits per heavy atom. The number of benzene rings is 1. The molecule has 1 atom stereocenters. The minimum absolute atomic E-state index is 0.696. The third kappa shape index (κ3) is 4.14. The van der Waals surface area contributed by atoms with Crippen molar-refractivity contribution in [3.63, 3.8) is 0 Å². The van der Waals surface area contributed by atoms with Gasteiger partial charge in [0.15, 0.2) is 0 Å². The smallest absolute Gasteiger partial charge is 0.105 e. The Morgan fingerprint density at radius 1 is 1.15 bits per heavy atom. The molecular formula is C22H29N5. The molecule has 5 heteroatoms. The van der Waals surface area contributed by atoms with Gasteiger partial charge < -0.3 is 4.57 Å². The highest BCUT2D eigenvalue weighted by Gasteiger charge is 2.21. The molecule has 1 aliphatic heterocycles. The maximum Gasteiger partial charge on any atom is 0.105 e.